The number of Topliss-reactive ketones (excluding diaryl/α,β-unsaturated/α-hetero) is 1. The van der Waals surface area contributed by atoms with Gasteiger partial charge in [-0.3, -0.25) is 14.6 Å². The Morgan fingerprint density at radius 1 is 1.23 bits per heavy atom. The molecule has 1 aromatic heterocycles. The summed E-state index contributed by atoms with van der Waals surface area (Å²) in [5.41, 5.74) is 1.97. The summed E-state index contributed by atoms with van der Waals surface area (Å²) in [6.07, 6.45) is 3.40. The molecule has 2 aliphatic rings. The van der Waals surface area contributed by atoms with Crippen molar-refractivity contribution in [2.75, 3.05) is 26.3 Å². The molecule has 1 fully saturated rings. The van der Waals surface area contributed by atoms with Crippen LogP contribution in [0.1, 0.15) is 15.9 Å². The number of para-hydroxylation sites is 1. The average Bonchev–Trinajstić information content (AvgIpc) is 2.72. The third-order valence-electron chi connectivity index (χ3n) is 5.34. The maximum atomic E-state index is 14.4. The summed E-state index contributed by atoms with van der Waals surface area (Å²) in [7, 11) is 0. The molecular formula is C22H18FN3O4. The van der Waals surface area contributed by atoms with Gasteiger partial charge in [0.05, 0.1) is 17.7 Å². The molecule has 2 aliphatic heterocycles. The van der Waals surface area contributed by atoms with E-state index < -0.39 is 5.82 Å². The third kappa shape index (κ3) is 3.34. The van der Waals surface area contributed by atoms with E-state index >= 15 is 0 Å². The number of benzene rings is 2. The summed E-state index contributed by atoms with van der Waals surface area (Å²) in [4.78, 5) is 34.4. The first-order valence-corrected chi connectivity index (χ1v) is 9.67. The highest BCUT2D eigenvalue weighted by Gasteiger charge is 2.34. The summed E-state index contributed by atoms with van der Waals surface area (Å²) in [6, 6.07) is 8.19. The molecule has 1 saturated heterocycles. The number of ether oxygens (including phenoxy) is 2. The second-order valence-corrected chi connectivity index (χ2v) is 7.51. The Morgan fingerprint density at radius 3 is 2.93 bits per heavy atom. The van der Waals surface area contributed by atoms with E-state index in [2.05, 4.69) is 9.97 Å². The summed E-state index contributed by atoms with van der Waals surface area (Å²) >= 11 is 0. The van der Waals surface area contributed by atoms with Crippen LogP contribution in [0.3, 0.4) is 0 Å². The first-order chi connectivity index (χ1) is 14.6. The van der Waals surface area contributed by atoms with Crippen molar-refractivity contribution in [1.29, 1.82) is 0 Å². The van der Waals surface area contributed by atoms with Gasteiger partial charge < -0.3 is 14.4 Å². The monoisotopic (exact) mass is 407 g/mol. The van der Waals surface area contributed by atoms with Gasteiger partial charge in [0.15, 0.2) is 5.78 Å². The summed E-state index contributed by atoms with van der Waals surface area (Å²) in [6.45, 7) is 1.31. The van der Waals surface area contributed by atoms with Crippen LogP contribution in [0.5, 0.6) is 11.5 Å². The SMILES string of the molecule is O=C1COc2cc(F)c(C(=O)N3CC(COc4cccc5nccnc45)C3)cc2C1. The normalized spacial score (nSPS) is 16.0. The van der Waals surface area contributed by atoms with E-state index in [1.807, 2.05) is 18.2 Å². The van der Waals surface area contributed by atoms with Crippen LogP contribution < -0.4 is 9.47 Å². The van der Waals surface area contributed by atoms with Gasteiger partial charge in [0.2, 0.25) is 0 Å². The van der Waals surface area contributed by atoms with Gasteiger partial charge in [-0.15, -0.1) is 0 Å². The minimum atomic E-state index is -0.637. The zero-order valence-electron chi connectivity index (χ0n) is 16.0. The van der Waals surface area contributed by atoms with E-state index in [0.717, 1.165) is 5.52 Å². The Labute approximate surface area is 171 Å². The van der Waals surface area contributed by atoms with Crippen molar-refractivity contribution in [3.8, 4) is 11.5 Å². The minimum absolute atomic E-state index is 0.0317. The smallest absolute Gasteiger partial charge is 0.256 e. The number of aromatic nitrogens is 2. The second-order valence-electron chi connectivity index (χ2n) is 7.51. The highest BCUT2D eigenvalue weighted by Crippen LogP contribution is 2.29. The van der Waals surface area contributed by atoms with Crippen molar-refractivity contribution in [2.24, 2.45) is 5.92 Å². The van der Waals surface area contributed by atoms with Crippen LogP contribution in [-0.4, -0.2) is 52.9 Å². The molecule has 2 aromatic carbocycles. The van der Waals surface area contributed by atoms with E-state index in [4.69, 9.17) is 9.47 Å². The van der Waals surface area contributed by atoms with E-state index in [1.54, 1.807) is 17.3 Å². The Kier molecular flexibility index (Phi) is 4.54. The van der Waals surface area contributed by atoms with Crippen LogP contribution in [0.2, 0.25) is 0 Å². The molecule has 7 nitrogen and oxygen atoms in total. The molecule has 5 rings (SSSR count). The molecule has 0 unspecified atom stereocenters. The fourth-order valence-corrected chi connectivity index (χ4v) is 3.76. The van der Waals surface area contributed by atoms with Gasteiger partial charge in [0, 0.05) is 49.5 Å². The van der Waals surface area contributed by atoms with Crippen molar-refractivity contribution < 1.29 is 23.5 Å². The van der Waals surface area contributed by atoms with Crippen LogP contribution in [0.15, 0.2) is 42.7 Å². The average molecular weight is 407 g/mol. The fourth-order valence-electron chi connectivity index (χ4n) is 3.76. The molecule has 0 atom stereocenters. The fraction of sp³-hybridized carbons (Fsp3) is 0.273. The predicted molar refractivity (Wildman–Crippen MR) is 105 cm³/mol. The zero-order valence-corrected chi connectivity index (χ0v) is 16.0. The number of amides is 1. The summed E-state index contributed by atoms with van der Waals surface area (Å²) in [5, 5.41) is 0. The molecular weight excluding hydrogens is 389 g/mol. The lowest BCUT2D eigenvalue weighted by Crippen LogP contribution is -2.52. The van der Waals surface area contributed by atoms with Gasteiger partial charge >= 0.3 is 0 Å². The lowest BCUT2D eigenvalue weighted by atomic mass is 9.97. The Morgan fingerprint density at radius 2 is 2.07 bits per heavy atom. The lowest BCUT2D eigenvalue weighted by Gasteiger charge is -2.39. The number of nitrogens with zero attached hydrogens (tertiary/aromatic N) is 3. The van der Waals surface area contributed by atoms with E-state index in [9.17, 15) is 14.0 Å². The standard InChI is InChI=1S/C22H18FN3O4/c23-17-8-20-14(6-15(27)12-30-20)7-16(17)22(28)26-9-13(10-26)11-29-19-3-1-2-18-21(19)25-5-4-24-18/h1-5,7-8,13H,6,9-12H2. The number of hydrogen-bond donors (Lipinski definition) is 0. The Hall–Kier alpha value is -3.55. The van der Waals surface area contributed by atoms with Gasteiger partial charge in [-0.25, -0.2) is 9.37 Å². The van der Waals surface area contributed by atoms with Crippen molar-refractivity contribution in [3.63, 3.8) is 0 Å². The van der Waals surface area contributed by atoms with Crippen LogP contribution in [0, 0.1) is 11.7 Å². The Bertz CT molecular complexity index is 1160. The number of fused-ring (bicyclic) bond motifs is 2. The second kappa shape index (κ2) is 7.37. The van der Waals surface area contributed by atoms with Crippen molar-refractivity contribution in [2.45, 2.75) is 6.42 Å². The molecule has 1 amide bonds. The quantitative estimate of drug-likeness (QED) is 0.661. The van der Waals surface area contributed by atoms with Crippen molar-refractivity contribution in [1.82, 2.24) is 14.9 Å². The zero-order chi connectivity index (χ0) is 20.7. The molecule has 30 heavy (non-hydrogen) atoms. The molecule has 0 N–H and O–H groups in total. The molecule has 0 bridgehead atoms. The van der Waals surface area contributed by atoms with Crippen LogP contribution in [-0.2, 0) is 11.2 Å². The van der Waals surface area contributed by atoms with Gasteiger partial charge in [-0.2, -0.15) is 0 Å². The summed E-state index contributed by atoms with van der Waals surface area (Å²) in [5.74, 6) is 0.00787. The van der Waals surface area contributed by atoms with Crippen molar-refractivity contribution in [3.05, 3.63) is 59.7 Å². The van der Waals surface area contributed by atoms with Crippen molar-refractivity contribution >= 4 is 22.7 Å². The number of likely N-dealkylation sites (tertiary alicyclic amines) is 1. The molecule has 3 aromatic rings. The van der Waals surface area contributed by atoms with Gasteiger partial charge in [-0.1, -0.05) is 6.07 Å². The molecule has 0 radical (unpaired) electrons. The highest BCUT2D eigenvalue weighted by atomic mass is 19.1. The lowest BCUT2D eigenvalue weighted by molar-refractivity contribution is -0.121. The number of carbonyl (C=O) groups excluding carboxylic acids is 2. The van der Waals surface area contributed by atoms with Gasteiger partial charge in [0.1, 0.15) is 29.4 Å². The Balaban J connectivity index is 1.22. The summed E-state index contributed by atoms with van der Waals surface area (Å²) < 4.78 is 25.5. The topological polar surface area (TPSA) is 81.6 Å². The van der Waals surface area contributed by atoms with Gasteiger partial charge in [0.25, 0.3) is 5.91 Å². The minimum Gasteiger partial charge on any atom is -0.491 e. The van der Waals surface area contributed by atoms with Crippen LogP contribution in [0.25, 0.3) is 11.0 Å². The number of carbonyl (C=O) groups is 2. The van der Waals surface area contributed by atoms with E-state index in [1.165, 1.54) is 12.1 Å². The largest absolute Gasteiger partial charge is 0.491 e. The predicted octanol–water partition coefficient (Wildman–Crippen LogP) is 2.42. The number of halogens is 1. The van der Waals surface area contributed by atoms with Crippen LogP contribution >= 0.6 is 0 Å². The molecule has 0 aliphatic carbocycles. The highest BCUT2D eigenvalue weighted by molar-refractivity contribution is 5.96. The first-order valence-electron chi connectivity index (χ1n) is 9.67. The first kappa shape index (κ1) is 18.5. The number of ketones is 1. The van der Waals surface area contributed by atoms with Gasteiger partial charge in [-0.05, 0) is 18.2 Å². The van der Waals surface area contributed by atoms with E-state index in [0.29, 0.717) is 42.3 Å². The molecule has 8 heteroatoms. The molecule has 152 valence electrons. The van der Waals surface area contributed by atoms with Crippen LogP contribution in [0.4, 0.5) is 4.39 Å². The van der Waals surface area contributed by atoms with E-state index in [-0.39, 0.29) is 36.2 Å². The molecule has 0 saturated carbocycles. The maximum Gasteiger partial charge on any atom is 0.256 e. The third-order valence-corrected chi connectivity index (χ3v) is 5.34. The molecule has 3 heterocycles. The molecule has 0 spiro atoms. The number of rotatable bonds is 4. The number of hydrogen-bond acceptors (Lipinski definition) is 6. The maximum absolute atomic E-state index is 14.4.